The maximum atomic E-state index is 14.3. The van der Waals surface area contributed by atoms with Gasteiger partial charge in [-0.1, -0.05) is 6.07 Å². The molecule has 2 aliphatic heterocycles. The Labute approximate surface area is 130 Å². The fraction of sp³-hybridized carbons (Fsp3) is 0.588. The van der Waals surface area contributed by atoms with Crippen LogP contribution in [0.2, 0.25) is 0 Å². The number of carbonyl (C=O) groups excluding carboxylic acids is 1. The molecule has 0 radical (unpaired) electrons. The van der Waals surface area contributed by atoms with Gasteiger partial charge in [-0.2, -0.15) is 0 Å². The molecule has 0 unspecified atom stereocenters. The highest BCUT2D eigenvalue weighted by Gasteiger charge is 2.44. The van der Waals surface area contributed by atoms with Crippen molar-refractivity contribution in [2.75, 3.05) is 25.0 Å². The first kappa shape index (κ1) is 15.1. The van der Waals surface area contributed by atoms with Crippen LogP contribution in [0, 0.1) is 5.82 Å². The van der Waals surface area contributed by atoms with Gasteiger partial charge >= 0.3 is 6.09 Å². The summed E-state index contributed by atoms with van der Waals surface area (Å²) in [6.07, 6.45) is 1.24. The maximum absolute atomic E-state index is 14.3. The highest BCUT2D eigenvalue weighted by Crippen LogP contribution is 2.45. The summed E-state index contributed by atoms with van der Waals surface area (Å²) in [7, 11) is 0. The summed E-state index contributed by atoms with van der Waals surface area (Å²) in [5.41, 5.74) is 1.00. The van der Waals surface area contributed by atoms with Crippen LogP contribution in [0.4, 0.5) is 14.9 Å². The summed E-state index contributed by atoms with van der Waals surface area (Å²) in [5, 5.41) is 3.31. The Morgan fingerprint density at radius 1 is 1.32 bits per heavy atom. The van der Waals surface area contributed by atoms with E-state index in [1.54, 1.807) is 11.0 Å². The largest absolute Gasteiger partial charge is 0.444 e. The SMILES string of the molecule is CC(C)(C)OC(=O)N1CCC2(CC1)CNc1cccc(F)c12. The third-order valence-corrected chi connectivity index (χ3v) is 4.53. The Bertz CT molecular complexity index is 587. The molecule has 0 atom stereocenters. The fourth-order valence-electron chi connectivity index (χ4n) is 3.43. The minimum absolute atomic E-state index is 0.145. The average molecular weight is 306 g/mol. The Kier molecular flexibility index (Phi) is 3.54. The molecule has 2 aliphatic rings. The quantitative estimate of drug-likeness (QED) is 0.797. The minimum Gasteiger partial charge on any atom is -0.444 e. The normalized spacial score (nSPS) is 19.7. The number of halogens is 1. The van der Waals surface area contributed by atoms with Gasteiger partial charge in [0.1, 0.15) is 11.4 Å². The van der Waals surface area contributed by atoms with Crippen LogP contribution in [0.15, 0.2) is 18.2 Å². The van der Waals surface area contributed by atoms with E-state index in [2.05, 4.69) is 5.32 Å². The topological polar surface area (TPSA) is 41.6 Å². The van der Waals surface area contributed by atoms with Crippen molar-refractivity contribution < 1.29 is 13.9 Å². The summed E-state index contributed by atoms with van der Waals surface area (Å²) in [4.78, 5) is 13.9. The molecule has 5 heteroatoms. The van der Waals surface area contributed by atoms with E-state index in [1.165, 1.54) is 6.07 Å². The van der Waals surface area contributed by atoms with E-state index in [0.29, 0.717) is 13.1 Å². The number of nitrogens with zero attached hydrogens (tertiary/aromatic N) is 1. The van der Waals surface area contributed by atoms with Gasteiger partial charge in [0.2, 0.25) is 0 Å². The molecule has 1 amide bonds. The molecule has 4 nitrogen and oxygen atoms in total. The van der Waals surface area contributed by atoms with Crippen molar-refractivity contribution in [2.45, 2.75) is 44.6 Å². The smallest absolute Gasteiger partial charge is 0.410 e. The first-order valence-electron chi connectivity index (χ1n) is 7.82. The lowest BCUT2D eigenvalue weighted by molar-refractivity contribution is 0.0171. The number of benzene rings is 1. The van der Waals surface area contributed by atoms with Crippen molar-refractivity contribution >= 4 is 11.8 Å². The number of hydrogen-bond acceptors (Lipinski definition) is 3. The van der Waals surface area contributed by atoms with E-state index in [4.69, 9.17) is 4.74 Å². The van der Waals surface area contributed by atoms with Gasteiger partial charge in [-0.15, -0.1) is 0 Å². The van der Waals surface area contributed by atoms with E-state index in [-0.39, 0.29) is 17.3 Å². The van der Waals surface area contributed by atoms with Crippen LogP contribution < -0.4 is 5.32 Å². The molecule has 1 fully saturated rings. The standard InChI is InChI=1S/C17H23FN2O2/c1-16(2,3)22-15(21)20-9-7-17(8-10-20)11-19-13-6-4-5-12(18)14(13)17/h4-6,19H,7-11H2,1-3H3. The predicted molar refractivity (Wildman–Crippen MR) is 83.6 cm³/mol. The van der Waals surface area contributed by atoms with Gasteiger partial charge in [0, 0.05) is 36.3 Å². The zero-order valence-electron chi connectivity index (χ0n) is 13.4. The lowest BCUT2D eigenvalue weighted by atomic mass is 9.74. The van der Waals surface area contributed by atoms with Crippen LogP contribution in [-0.2, 0) is 10.2 Å². The number of nitrogens with one attached hydrogen (secondary N) is 1. The van der Waals surface area contributed by atoms with Crippen LogP contribution in [0.1, 0.15) is 39.2 Å². The van der Waals surface area contributed by atoms with E-state index in [9.17, 15) is 9.18 Å². The van der Waals surface area contributed by atoms with Crippen LogP contribution >= 0.6 is 0 Å². The van der Waals surface area contributed by atoms with Gasteiger partial charge in [-0.25, -0.2) is 9.18 Å². The molecule has 1 aromatic rings. The molecule has 0 aromatic heterocycles. The Balaban J connectivity index is 1.72. The molecule has 22 heavy (non-hydrogen) atoms. The van der Waals surface area contributed by atoms with Crippen LogP contribution in [0.25, 0.3) is 0 Å². The number of rotatable bonds is 0. The van der Waals surface area contributed by atoms with Crippen molar-refractivity contribution in [1.82, 2.24) is 4.90 Å². The van der Waals surface area contributed by atoms with E-state index in [1.807, 2.05) is 26.8 Å². The van der Waals surface area contributed by atoms with Crippen molar-refractivity contribution in [1.29, 1.82) is 0 Å². The molecular weight excluding hydrogens is 283 g/mol. The molecule has 3 rings (SSSR count). The molecule has 1 saturated heterocycles. The number of carbonyl (C=O) groups is 1. The van der Waals surface area contributed by atoms with Crippen molar-refractivity contribution in [3.8, 4) is 0 Å². The number of ether oxygens (including phenoxy) is 1. The van der Waals surface area contributed by atoms with Gasteiger partial charge in [-0.05, 0) is 45.7 Å². The number of hydrogen-bond donors (Lipinski definition) is 1. The van der Waals surface area contributed by atoms with Gasteiger partial charge < -0.3 is 15.0 Å². The molecule has 0 saturated carbocycles. The van der Waals surface area contributed by atoms with E-state index < -0.39 is 5.60 Å². The number of anilines is 1. The average Bonchev–Trinajstić information content (AvgIpc) is 2.78. The lowest BCUT2D eigenvalue weighted by Gasteiger charge is -2.39. The van der Waals surface area contributed by atoms with Gasteiger partial charge in [0.15, 0.2) is 0 Å². The van der Waals surface area contributed by atoms with E-state index >= 15 is 0 Å². The van der Waals surface area contributed by atoms with Crippen LogP contribution in [-0.4, -0.2) is 36.2 Å². The molecule has 1 N–H and O–H groups in total. The van der Waals surface area contributed by atoms with Crippen molar-refractivity contribution in [3.63, 3.8) is 0 Å². The minimum atomic E-state index is -0.486. The zero-order valence-corrected chi connectivity index (χ0v) is 13.4. The highest BCUT2D eigenvalue weighted by molar-refractivity contribution is 5.69. The van der Waals surface area contributed by atoms with Crippen molar-refractivity contribution in [3.05, 3.63) is 29.6 Å². The monoisotopic (exact) mass is 306 g/mol. The molecule has 0 bridgehead atoms. The lowest BCUT2D eigenvalue weighted by Crippen LogP contribution is -2.47. The first-order chi connectivity index (χ1) is 10.3. The molecule has 120 valence electrons. The van der Waals surface area contributed by atoms with E-state index in [0.717, 1.165) is 30.6 Å². The van der Waals surface area contributed by atoms with Crippen molar-refractivity contribution in [2.24, 2.45) is 0 Å². The number of fused-ring (bicyclic) bond motifs is 2. The highest BCUT2D eigenvalue weighted by atomic mass is 19.1. The maximum Gasteiger partial charge on any atom is 0.410 e. The second-order valence-corrected chi connectivity index (χ2v) is 7.26. The molecule has 2 heterocycles. The number of likely N-dealkylation sites (tertiary alicyclic amines) is 1. The van der Waals surface area contributed by atoms with Crippen LogP contribution in [0.3, 0.4) is 0 Å². The number of piperidine rings is 1. The summed E-state index contributed by atoms with van der Waals surface area (Å²) < 4.78 is 19.7. The third kappa shape index (κ3) is 2.64. The Morgan fingerprint density at radius 2 is 2.00 bits per heavy atom. The fourth-order valence-corrected chi connectivity index (χ4v) is 3.43. The van der Waals surface area contributed by atoms with Gasteiger partial charge in [0.05, 0.1) is 0 Å². The molecular formula is C17H23FN2O2. The Hall–Kier alpha value is -1.78. The summed E-state index contributed by atoms with van der Waals surface area (Å²) in [6, 6.07) is 5.18. The van der Waals surface area contributed by atoms with Gasteiger partial charge in [0.25, 0.3) is 0 Å². The zero-order chi connectivity index (χ0) is 16.0. The molecule has 1 aromatic carbocycles. The third-order valence-electron chi connectivity index (χ3n) is 4.53. The summed E-state index contributed by atoms with van der Waals surface area (Å²) in [6.45, 7) is 7.54. The second kappa shape index (κ2) is 5.14. The second-order valence-electron chi connectivity index (χ2n) is 7.26. The van der Waals surface area contributed by atoms with Gasteiger partial charge in [-0.3, -0.25) is 0 Å². The molecule has 0 aliphatic carbocycles. The summed E-state index contributed by atoms with van der Waals surface area (Å²) >= 11 is 0. The number of amides is 1. The summed E-state index contributed by atoms with van der Waals surface area (Å²) in [5.74, 6) is -0.145. The predicted octanol–water partition coefficient (Wildman–Crippen LogP) is 3.52. The Morgan fingerprint density at radius 3 is 2.64 bits per heavy atom. The molecule has 1 spiro atoms. The van der Waals surface area contributed by atoms with Crippen LogP contribution in [0.5, 0.6) is 0 Å². The first-order valence-corrected chi connectivity index (χ1v) is 7.82.